The van der Waals surface area contributed by atoms with Crippen molar-refractivity contribution in [1.29, 1.82) is 0 Å². The Hall–Kier alpha value is -2.11. The van der Waals surface area contributed by atoms with Gasteiger partial charge in [-0.1, -0.05) is 33.6 Å². The maximum Gasteiger partial charge on any atom is 0.261 e. The molecule has 0 radical (unpaired) electrons. The van der Waals surface area contributed by atoms with Crippen LogP contribution in [0.15, 0.2) is 57.9 Å². The zero-order valence-electron chi connectivity index (χ0n) is 11.2. The van der Waals surface area contributed by atoms with Crippen LogP contribution in [-0.4, -0.2) is 10.9 Å². The number of hydrogen-bond donors (Lipinski definition) is 2. The number of carbonyl (C=O) groups is 1. The number of aromatic nitrogens is 1. The average Bonchev–Trinajstić information content (AvgIpc) is 2.48. The van der Waals surface area contributed by atoms with Gasteiger partial charge in [-0.15, -0.1) is 0 Å². The van der Waals surface area contributed by atoms with Gasteiger partial charge in [0.05, 0.1) is 0 Å². The Morgan fingerprint density at radius 3 is 2.77 bits per heavy atom. The molecule has 6 heteroatoms. The SMILES string of the molecule is O=C(Nc1cccc(Br)c1)c1c[nH]c2ccc(Cl)cc2c1=O. The highest BCUT2D eigenvalue weighted by molar-refractivity contribution is 9.10. The maximum absolute atomic E-state index is 12.4. The van der Waals surface area contributed by atoms with Gasteiger partial charge in [0.15, 0.2) is 0 Å². The van der Waals surface area contributed by atoms with Crippen molar-refractivity contribution >= 4 is 50.0 Å². The van der Waals surface area contributed by atoms with Crippen molar-refractivity contribution in [2.45, 2.75) is 0 Å². The minimum atomic E-state index is -0.471. The van der Waals surface area contributed by atoms with Gasteiger partial charge in [0, 0.05) is 32.3 Å². The van der Waals surface area contributed by atoms with E-state index < -0.39 is 5.91 Å². The van der Waals surface area contributed by atoms with Crippen LogP contribution in [0.5, 0.6) is 0 Å². The van der Waals surface area contributed by atoms with E-state index in [4.69, 9.17) is 11.6 Å². The zero-order valence-corrected chi connectivity index (χ0v) is 13.5. The summed E-state index contributed by atoms with van der Waals surface area (Å²) in [6.07, 6.45) is 1.41. The number of amides is 1. The predicted octanol–water partition coefficient (Wildman–Crippen LogP) is 4.20. The van der Waals surface area contributed by atoms with Crippen LogP contribution in [0.3, 0.4) is 0 Å². The predicted molar refractivity (Wildman–Crippen MR) is 91.7 cm³/mol. The molecular weight excluding hydrogens is 368 g/mol. The molecule has 0 fully saturated rings. The number of benzene rings is 2. The summed E-state index contributed by atoms with van der Waals surface area (Å²) < 4.78 is 0.838. The second-order valence-electron chi connectivity index (χ2n) is 4.69. The molecule has 1 amide bonds. The zero-order chi connectivity index (χ0) is 15.7. The summed E-state index contributed by atoms with van der Waals surface area (Å²) in [5.74, 6) is -0.471. The van der Waals surface area contributed by atoms with Crippen molar-refractivity contribution in [3.05, 3.63) is 73.9 Å². The first kappa shape index (κ1) is 14.8. The number of fused-ring (bicyclic) bond motifs is 1. The van der Waals surface area contributed by atoms with Crippen molar-refractivity contribution < 1.29 is 4.79 Å². The molecule has 0 saturated heterocycles. The molecule has 110 valence electrons. The largest absolute Gasteiger partial charge is 0.360 e. The third-order valence-electron chi connectivity index (χ3n) is 3.17. The number of carbonyl (C=O) groups excluding carboxylic acids is 1. The molecule has 0 bridgehead atoms. The molecule has 0 aliphatic rings. The van der Waals surface area contributed by atoms with Gasteiger partial charge in [-0.05, 0) is 36.4 Å². The second kappa shape index (κ2) is 5.94. The number of halogens is 2. The molecule has 0 saturated carbocycles. The van der Waals surface area contributed by atoms with E-state index in [1.165, 1.54) is 6.20 Å². The van der Waals surface area contributed by atoms with E-state index in [1.54, 1.807) is 36.4 Å². The minimum absolute atomic E-state index is 0.0368. The van der Waals surface area contributed by atoms with E-state index in [0.29, 0.717) is 21.6 Å². The van der Waals surface area contributed by atoms with E-state index in [9.17, 15) is 9.59 Å². The number of H-pyrrole nitrogens is 1. The molecule has 0 atom stereocenters. The van der Waals surface area contributed by atoms with Crippen LogP contribution in [0.2, 0.25) is 5.02 Å². The highest BCUT2D eigenvalue weighted by Gasteiger charge is 2.13. The van der Waals surface area contributed by atoms with Crippen molar-refractivity contribution in [3.8, 4) is 0 Å². The lowest BCUT2D eigenvalue weighted by molar-refractivity contribution is 0.102. The Balaban J connectivity index is 2.01. The van der Waals surface area contributed by atoms with Gasteiger partial charge in [-0.2, -0.15) is 0 Å². The molecule has 1 heterocycles. The van der Waals surface area contributed by atoms with Gasteiger partial charge in [-0.25, -0.2) is 0 Å². The molecular formula is C16H10BrClN2O2. The molecule has 2 aromatic carbocycles. The standard InChI is InChI=1S/C16H10BrClN2O2/c17-9-2-1-3-11(6-9)20-16(22)13-8-19-14-5-4-10(18)7-12(14)15(13)21/h1-8H,(H,19,21)(H,20,22). The summed E-state index contributed by atoms with van der Waals surface area (Å²) in [7, 11) is 0. The van der Waals surface area contributed by atoms with Crippen LogP contribution in [0.4, 0.5) is 5.69 Å². The first-order chi connectivity index (χ1) is 10.5. The molecule has 0 spiro atoms. The van der Waals surface area contributed by atoms with E-state index in [2.05, 4.69) is 26.2 Å². The first-order valence-corrected chi connectivity index (χ1v) is 7.59. The Bertz CT molecular complexity index is 937. The van der Waals surface area contributed by atoms with Crippen molar-refractivity contribution in [2.75, 3.05) is 5.32 Å². The van der Waals surface area contributed by atoms with Crippen molar-refractivity contribution in [3.63, 3.8) is 0 Å². The lowest BCUT2D eigenvalue weighted by Crippen LogP contribution is -2.21. The van der Waals surface area contributed by atoms with E-state index >= 15 is 0 Å². The highest BCUT2D eigenvalue weighted by Crippen LogP contribution is 2.17. The summed E-state index contributed by atoms with van der Waals surface area (Å²) >= 11 is 9.24. The quantitative estimate of drug-likeness (QED) is 0.703. The molecule has 1 aromatic heterocycles. The van der Waals surface area contributed by atoms with Gasteiger partial charge in [0.25, 0.3) is 5.91 Å². The third-order valence-corrected chi connectivity index (χ3v) is 3.90. The molecule has 0 aliphatic carbocycles. The van der Waals surface area contributed by atoms with Gasteiger partial charge < -0.3 is 10.3 Å². The highest BCUT2D eigenvalue weighted by atomic mass is 79.9. The van der Waals surface area contributed by atoms with E-state index in [0.717, 1.165) is 4.47 Å². The summed E-state index contributed by atoms with van der Waals surface area (Å²) in [5.41, 5.74) is 0.914. The number of rotatable bonds is 2. The van der Waals surface area contributed by atoms with Crippen LogP contribution < -0.4 is 10.7 Å². The fourth-order valence-electron chi connectivity index (χ4n) is 2.12. The lowest BCUT2D eigenvalue weighted by Gasteiger charge is -2.06. The molecule has 3 aromatic rings. The number of aromatic amines is 1. The van der Waals surface area contributed by atoms with Crippen LogP contribution >= 0.6 is 27.5 Å². The van der Waals surface area contributed by atoms with Crippen LogP contribution in [0, 0.1) is 0 Å². The summed E-state index contributed by atoms with van der Waals surface area (Å²) in [4.78, 5) is 27.7. The normalized spacial score (nSPS) is 10.6. The molecule has 4 nitrogen and oxygen atoms in total. The number of pyridine rings is 1. The molecule has 0 unspecified atom stereocenters. The summed E-state index contributed by atoms with van der Waals surface area (Å²) in [6.45, 7) is 0. The van der Waals surface area contributed by atoms with Crippen molar-refractivity contribution in [1.82, 2.24) is 4.98 Å². The maximum atomic E-state index is 12.4. The Morgan fingerprint density at radius 2 is 2.00 bits per heavy atom. The average molecular weight is 378 g/mol. The smallest absolute Gasteiger partial charge is 0.261 e. The van der Waals surface area contributed by atoms with Crippen molar-refractivity contribution in [2.24, 2.45) is 0 Å². The van der Waals surface area contributed by atoms with Crippen LogP contribution in [-0.2, 0) is 0 Å². The summed E-state index contributed by atoms with van der Waals surface area (Å²) in [6, 6.07) is 12.1. The lowest BCUT2D eigenvalue weighted by atomic mass is 10.1. The van der Waals surface area contributed by atoms with Gasteiger partial charge >= 0.3 is 0 Å². The van der Waals surface area contributed by atoms with Gasteiger partial charge in [0.2, 0.25) is 5.43 Å². The number of nitrogens with one attached hydrogen (secondary N) is 2. The van der Waals surface area contributed by atoms with Gasteiger partial charge in [-0.3, -0.25) is 9.59 Å². The van der Waals surface area contributed by atoms with Gasteiger partial charge in [0.1, 0.15) is 5.56 Å². The summed E-state index contributed by atoms with van der Waals surface area (Å²) in [5, 5.41) is 3.53. The van der Waals surface area contributed by atoms with E-state index in [1.807, 2.05) is 6.07 Å². The fraction of sp³-hybridized carbons (Fsp3) is 0. The fourth-order valence-corrected chi connectivity index (χ4v) is 2.70. The van der Waals surface area contributed by atoms with Crippen LogP contribution in [0.1, 0.15) is 10.4 Å². The Kier molecular flexibility index (Phi) is 4.00. The molecule has 2 N–H and O–H groups in total. The molecule has 0 aliphatic heterocycles. The van der Waals surface area contributed by atoms with E-state index in [-0.39, 0.29) is 11.0 Å². The minimum Gasteiger partial charge on any atom is -0.360 e. The topological polar surface area (TPSA) is 62.0 Å². The van der Waals surface area contributed by atoms with Crippen LogP contribution in [0.25, 0.3) is 10.9 Å². The Morgan fingerprint density at radius 1 is 1.18 bits per heavy atom. The second-order valence-corrected chi connectivity index (χ2v) is 6.04. The first-order valence-electron chi connectivity index (χ1n) is 6.42. The molecule has 22 heavy (non-hydrogen) atoms. The Labute approximate surface area is 139 Å². The molecule has 3 rings (SSSR count). The number of hydrogen-bond acceptors (Lipinski definition) is 2. The monoisotopic (exact) mass is 376 g/mol. The third kappa shape index (κ3) is 2.91. The number of anilines is 1.